The Balaban J connectivity index is 0.794. The predicted octanol–water partition coefficient (Wildman–Crippen LogP) is 6.35. The van der Waals surface area contributed by atoms with Crippen LogP contribution in [0.5, 0.6) is 5.75 Å². The lowest BCUT2D eigenvalue weighted by molar-refractivity contribution is -0.136. The molecule has 58 heavy (non-hydrogen) atoms. The van der Waals surface area contributed by atoms with E-state index in [9.17, 15) is 23.6 Å². The number of amides is 4. The van der Waals surface area contributed by atoms with Crippen LogP contribution < -0.4 is 20.7 Å². The van der Waals surface area contributed by atoms with Gasteiger partial charge in [-0.25, -0.2) is 13.8 Å². The van der Waals surface area contributed by atoms with Crippen molar-refractivity contribution >= 4 is 58.3 Å². The number of piperidine rings is 2. The molecule has 3 N–H and O–H groups in total. The fourth-order valence-electron chi connectivity index (χ4n) is 9.35. The fraction of sp³-hybridized carbons (Fsp3) is 0.415. The van der Waals surface area contributed by atoms with E-state index in [4.69, 9.17) is 38.8 Å². The van der Waals surface area contributed by atoms with E-state index in [0.29, 0.717) is 30.3 Å². The Morgan fingerprint density at radius 2 is 1.64 bits per heavy atom. The summed E-state index contributed by atoms with van der Waals surface area (Å²) in [7, 11) is 0. The van der Waals surface area contributed by atoms with Gasteiger partial charge >= 0.3 is 0 Å². The van der Waals surface area contributed by atoms with E-state index < -0.39 is 47.4 Å². The van der Waals surface area contributed by atoms with Crippen LogP contribution in [0.3, 0.4) is 0 Å². The third kappa shape index (κ3) is 6.76. The molecule has 6 aliphatic rings. The van der Waals surface area contributed by atoms with E-state index in [2.05, 4.69) is 15.2 Å². The van der Waals surface area contributed by atoms with Crippen molar-refractivity contribution < 1.29 is 32.7 Å². The monoisotopic (exact) mass is 832 g/mol. The van der Waals surface area contributed by atoms with E-state index in [1.165, 1.54) is 18.2 Å². The van der Waals surface area contributed by atoms with Crippen molar-refractivity contribution in [1.29, 1.82) is 0 Å². The van der Waals surface area contributed by atoms with Gasteiger partial charge in [0.25, 0.3) is 11.8 Å². The van der Waals surface area contributed by atoms with Gasteiger partial charge in [0.05, 0.1) is 34.1 Å². The first kappa shape index (κ1) is 38.4. The number of halogens is 4. The van der Waals surface area contributed by atoms with Gasteiger partial charge in [0.1, 0.15) is 23.8 Å². The molecular formula is C41H40Cl2F2N8O5. The maximum absolute atomic E-state index is 15.6. The minimum atomic E-state index is -1.10. The Hall–Kier alpha value is -5.12. The van der Waals surface area contributed by atoms with Crippen LogP contribution in [0.25, 0.3) is 11.1 Å². The van der Waals surface area contributed by atoms with Crippen molar-refractivity contribution in [2.45, 2.75) is 82.1 Å². The number of fused-ring (bicyclic) bond motifs is 3. The van der Waals surface area contributed by atoms with Crippen molar-refractivity contribution in [3.05, 3.63) is 87.3 Å². The lowest BCUT2D eigenvalue weighted by Gasteiger charge is -2.58. The zero-order valence-corrected chi connectivity index (χ0v) is 33.0. The van der Waals surface area contributed by atoms with Crippen LogP contribution in [-0.2, 0) is 9.59 Å². The molecule has 4 saturated heterocycles. The van der Waals surface area contributed by atoms with Gasteiger partial charge in [-0.1, -0.05) is 23.2 Å². The Labute approximate surface area is 342 Å². The molecule has 302 valence electrons. The summed E-state index contributed by atoms with van der Waals surface area (Å²) < 4.78 is 37.9. The molecule has 3 unspecified atom stereocenters. The van der Waals surface area contributed by atoms with Crippen LogP contribution in [0.1, 0.15) is 90.3 Å². The molecule has 2 aromatic heterocycles. The Bertz CT molecular complexity index is 2360. The normalized spacial score (nSPS) is 25.1. The first-order valence-corrected chi connectivity index (χ1v) is 20.3. The van der Waals surface area contributed by atoms with Crippen molar-refractivity contribution in [1.82, 2.24) is 29.9 Å². The van der Waals surface area contributed by atoms with E-state index in [1.807, 2.05) is 15.8 Å². The number of carbonyl (C=O) groups excluding carboxylic acids is 4. The Morgan fingerprint density at radius 1 is 0.914 bits per heavy atom. The average Bonchev–Trinajstić information content (AvgIpc) is 3.79. The topological polar surface area (TPSA) is 156 Å². The van der Waals surface area contributed by atoms with E-state index in [-0.39, 0.29) is 63.6 Å². The summed E-state index contributed by atoms with van der Waals surface area (Å²) in [6, 6.07) is 6.62. The van der Waals surface area contributed by atoms with Crippen LogP contribution in [0.2, 0.25) is 10.0 Å². The molecule has 13 nitrogen and oxygen atoms in total. The molecule has 4 amide bonds. The number of nitrogen functional groups attached to an aromatic ring is 1. The molecule has 17 heteroatoms. The zero-order chi connectivity index (χ0) is 40.6. The number of pyridine rings is 1. The highest BCUT2D eigenvalue weighted by Crippen LogP contribution is 2.42. The van der Waals surface area contributed by atoms with Crippen molar-refractivity contribution in [2.24, 2.45) is 5.92 Å². The van der Waals surface area contributed by atoms with Gasteiger partial charge in [-0.2, -0.15) is 5.10 Å². The van der Waals surface area contributed by atoms with Gasteiger partial charge < -0.3 is 15.4 Å². The van der Waals surface area contributed by atoms with E-state index in [0.717, 1.165) is 60.7 Å². The van der Waals surface area contributed by atoms with Gasteiger partial charge in [0, 0.05) is 72.2 Å². The molecule has 0 radical (unpaired) electrons. The molecular weight excluding hydrogens is 793 g/mol. The number of hydrogen-bond acceptors (Lipinski definition) is 10. The first-order chi connectivity index (χ1) is 27.8. The van der Waals surface area contributed by atoms with Crippen molar-refractivity contribution in [3.8, 4) is 16.9 Å². The second-order valence-electron chi connectivity index (χ2n) is 15.9. The van der Waals surface area contributed by atoms with Crippen LogP contribution >= 0.6 is 23.2 Å². The zero-order valence-electron chi connectivity index (χ0n) is 31.5. The summed E-state index contributed by atoms with van der Waals surface area (Å²) >= 11 is 12.5. The van der Waals surface area contributed by atoms with Gasteiger partial charge in [0.15, 0.2) is 11.6 Å². The number of imide groups is 2. The Kier molecular flexibility index (Phi) is 9.88. The number of ether oxygens (including phenoxy) is 1. The molecule has 0 spiro atoms. The van der Waals surface area contributed by atoms with Gasteiger partial charge in [-0.3, -0.25) is 39.0 Å². The molecule has 5 aliphatic heterocycles. The van der Waals surface area contributed by atoms with Gasteiger partial charge in [-0.05, 0) is 81.7 Å². The molecule has 1 saturated carbocycles. The lowest BCUT2D eigenvalue weighted by atomic mass is 9.81. The first-order valence-electron chi connectivity index (χ1n) is 19.5. The number of carbonyl (C=O) groups is 4. The van der Waals surface area contributed by atoms with E-state index >= 15 is 4.39 Å². The second-order valence-corrected chi connectivity index (χ2v) is 16.7. The Morgan fingerprint density at radius 3 is 2.36 bits per heavy atom. The molecule has 10 rings (SSSR count). The quantitative estimate of drug-likeness (QED) is 0.144. The molecule has 1 aliphatic carbocycles. The molecule has 5 fully saturated rings. The molecule has 4 atom stereocenters. The van der Waals surface area contributed by atoms with E-state index in [1.54, 1.807) is 25.4 Å². The standard InChI is InChI=1S/C41H40Cl2F2N8O5/c1-20(36-29(42)6-7-30(44)37(36)43)58-34-10-22(14-47-38(34)46)23-15-48-52(17-23)24-4-2-21(3-5-24)16-51-25-11-26(51)19-50(18-25)33-13-28-27(12-31(33)45)40(56)53(41(28)57)32-8-9-35(54)49-39(32)55/h6-7,10,12-15,17,20-21,24-26,32H,2-5,8-9,11,16,18-19H2,1H3,(H2,46,47)(H,49,54,55)/t20-,21?,24?,25?,26?,32?/m1/s1. The van der Waals surface area contributed by atoms with Gasteiger partial charge in [0.2, 0.25) is 11.8 Å². The number of aromatic nitrogens is 3. The maximum Gasteiger partial charge on any atom is 0.262 e. The lowest BCUT2D eigenvalue weighted by Crippen LogP contribution is -2.69. The van der Waals surface area contributed by atoms with Crippen molar-refractivity contribution in [3.63, 3.8) is 0 Å². The number of hydrogen-bond donors (Lipinski definition) is 2. The molecule has 4 aromatic rings. The fourth-order valence-corrected chi connectivity index (χ4v) is 10.0. The maximum atomic E-state index is 15.6. The third-order valence-corrected chi connectivity index (χ3v) is 13.2. The number of piperazine rings is 1. The number of nitrogens with zero attached hydrogens (tertiary/aromatic N) is 6. The van der Waals surface area contributed by atoms with Crippen LogP contribution in [-0.4, -0.2) is 86.0 Å². The SMILES string of the molecule is C[C@@H](Oc1cc(-c2cnn(C3CCC(CN4C5CC4CN(c4cc6c(cc4F)C(=O)N(C4CCC(=O)NC4=O)C6=O)C5)CC3)c2)cnc1N)c1c(Cl)ccc(F)c1Cl. The summed E-state index contributed by atoms with van der Waals surface area (Å²) in [5, 5.41) is 7.06. The number of nitrogens with one attached hydrogen (secondary N) is 1. The highest BCUT2D eigenvalue weighted by atomic mass is 35.5. The summed E-state index contributed by atoms with van der Waals surface area (Å²) in [4.78, 5) is 60.3. The van der Waals surface area contributed by atoms with Crippen LogP contribution in [0.4, 0.5) is 20.3 Å². The number of nitrogens with two attached hydrogens (primary N) is 1. The number of anilines is 2. The molecule has 2 bridgehead atoms. The number of benzene rings is 2. The minimum absolute atomic E-state index is 0.0144. The van der Waals surface area contributed by atoms with Crippen LogP contribution in [0.15, 0.2) is 48.9 Å². The van der Waals surface area contributed by atoms with Gasteiger partial charge in [-0.15, -0.1) is 0 Å². The highest BCUT2D eigenvalue weighted by Gasteiger charge is 2.48. The molecule has 2 aromatic carbocycles. The number of rotatable bonds is 9. The summed E-state index contributed by atoms with van der Waals surface area (Å²) in [6.07, 6.45) is 9.89. The predicted molar refractivity (Wildman–Crippen MR) is 211 cm³/mol. The second kappa shape index (κ2) is 14.9. The molecule has 7 heterocycles. The smallest absolute Gasteiger partial charge is 0.262 e. The third-order valence-electron chi connectivity index (χ3n) is 12.5. The summed E-state index contributed by atoms with van der Waals surface area (Å²) in [5.74, 6) is -2.68. The summed E-state index contributed by atoms with van der Waals surface area (Å²) in [6.45, 7) is 3.89. The van der Waals surface area contributed by atoms with Crippen molar-refractivity contribution in [2.75, 3.05) is 30.3 Å². The highest BCUT2D eigenvalue weighted by molar-refractivity contribution is 6.36. The largest absolute Gasteiger partial charge is 0.482 e. The average molecular weight is 834 g/mol. The summed E-state index contributed by atoms with van der Waals surface area (Å²) in [5.41, 5.74) is 8.40. The van der Waals surface area contributed by atoms with Crippen LogP contribution in [0, 0.1) is 17.6 Å². The minimum Gasteiger partial charge on any atom is -0.482 e.